The highest BCUT2D eigenvalue weighted by atomic mass is 32.2. The van der Waals surface area contributed by atoms with Crippen LogP contribution in [0, 0.1) is 0 Å². The van der Waals surface area contributed by atoms with Gasteiger partial charge in [0.15, 0.2) is 6.17 Å². The van der Waals surface area contributed by atoms with Crippen LogP contribution < -0.4 is 11.4 Å². The van der Waals surface area contributed by atoms with Gasteiger partial charge >= 0.3 is 13.5 Å². The van der Waals surface area contributed by atoms with Crippen molar-refractivity contribution in [2.75, 3.05) is 18.9 Å². The van der Waals surface area contributed by atoms with Crippen molar-refractivity contribution < 1.29 is 27.6 Å². The first-order valence-corrected chi connectivity index (χ1v) is 11.7. The Kier molecular flexibility index (Phi) is 6.29. The van der Waals surface area contributed by atoms with Crippen molar-refractivity contribution in [2.24, 2.45) is 0 Å². The molecule has 2 aliphatic heterocycles. The van der Waals surface area contributed by atoms with Gasteiger partial charge in [0.25, 0.3) is 0 Å². The van der Waals surface area contributed by atoms with Crippen molar-refractivity contribution in [1.29, 1.82) is 0 Å². The molecule has 6 atom stereocenters. The maximum atomic E-state index is 14.7. The molecule has 12 heteroatoms. The fraction of sp³-hybridized carbons (Fsp3) is 0.444. The lowest BCUT2D eigenvalue weighted by atomic mass is 10.1. The molecule has 0 spiro atoms. The minimum absolute atomic E-state index is 0.0211. The van der Waals surface area contributed by atoms with E-state index >= 15 is 0 Å². The summed E-state index contributed by atoms with van der Waals surface area (Å²) in [5.41, 5.74) is 5.59. The number of rotatable bonds is 5. The molecule has 3 N–H and O–H groups in total. The van der Waals surface area contributed by atoms with Gasteiger partial charge in [0.1, 0.15) is 17.3 Å². The van der Waals surface area contributed by atoms with Crippen LogP contribution in [0.25, 0.3) is 0 Å². The van der Waals surface area contributed by atoms with Gasteiger partial charge in [-0.3, -0.25) is 18.1 Å². The normalized spacial score (nSPS) is 34.1. The lowest BCUT2D eigenvalue weighted by Crippen LogP contribution is -2.33. The van der Waals surface area contributed by atoms with Crippen LogP contribution in [0.5, 0.6) is 0 Å². The van der Waals surface area contributed by atoms with Crippen molar-refractivity contribution in [1.82, 2.24) is 9.55 Å². The minimum atomic E-state index is -3.89. The second-order valence-corrected chi connectivity index (χ2v) is 9.89. The van der Waals surface area contributed by atoms with E-state index in [9.17, 15) is 18.9 Å². The molecule has 0 amide bonds. The molecule has 30 heavy (non-hydrogen) atoms. The third kappa shape index (κ3) is 4.46. The van der Waals surface area contributed by atoms with Crippen LogP contribution in [0.15, 0.2) is 47.4 Å². The predicted molar refractivity (Wildman–Crippen MR) is 109 cm³/mol. The smallest absolute Gasteiger partial charge is 0.389 e. The Balaban J connectivity index is 1.42. The zero-order valence-electron chi connectivity index (χ0n) is 15.7. The molecule has 1 aromatic carbocycles. The number of phosphoric ester groups is 1. The molecule has 2 fully saturated rings. The lowest BCUT2D eigenvalue weighted by Gasteiger charge is -2.29. The minimum Gasteiger partial charge on any atom is -0.389 e. The molecule has 2 aromatic rings. The number of anilines is 1. The number of halogens is 1. The molecule has 2 saturated heterocycles. The summed E-state index contributed by atoms with van der Waals surface area (Å²) in [6, 6.07) is 10.6. The SMILES string of the molecule is Nc1ccn([C@@H]2S[C@H](COP3(=O)OCC[C@H](c4ccccc4)O3)[C@@H](O)[C@@H]2F)c(=O)n1. The number of aromatic nitrogens is 2. The van der Waals surface area contributed by atoms with E-state index < -0.39 is 42.5 Å². The Hall–Kier alpha value is -1.75. The number of benzene rings is 1. The number of nitrogen functional groups attached to an aromatic ring is 1. The summed E-state index contributed by atoms with van der Waals surface area (Å²) < 4.78 is 44.8. The van der Waals surface area contributed by atoms with E-state index in [-0.39, 0.29) is 19.0 Å². The maximum Gasteiger partial charge on any atom is 0.475 e. The summed E-state index contributed by atoms with van der Waals surface area (Å²) in [6.07, 6.45) is -1.80. The monoisotopic (exact) mass is 457 g/mol. The molecule has 9 nitrogen and oxygen atoms in total. The molecular formula is C18H21FN3O6PS. The molecule has 162 valence electrons. The molecule has 2 aliphatic rings. The zero-order valence-corrected chi connectivity index (χ0v) is 17.5. The molecule has 0 aliphatic carbocycles. The van der Waals surface area contributed by atoms with Crippen LogP contribution in [-0.2, 0) is 18.1 Å². The van der Waals surface area contributed by atoms with E-state index in [4.69, 9.17) is 19.3 Å². The molecule has 4 rings (SSSR count). The molecule has 0 saturated carbocycles. The van der Waals surface area contributed by atoms with Crippen LogP contribution in [0.3, 0.4) is 0 Å². The van der Waals surface area contributed by atoms with Crippen molar-refractivity contribution in [3.63, 3.8) is 0 Å². The van der Waals surface area contributed by atoms with Gasteiger partial charge in [0.05, 0.1) is 24.6 Å². The molecule has 1 unspecified atom stereocenters. The van der Waals surface area contributed by atoms with Gasteiger partial charge in [-0.1, -0.05) is 30.3 Å². The Morgan fingerprint density at radius 2 is 2.13 bits per heavy atom. The van der Waals surface area contributed by atoms with Crippen molar-refractivity contribution in [3.05, 3.63) is 58.6 Å². The van der Waals surface area contributed by atoms with Gasteiger partial charge in [-0.15, -0.1) is 11.8 Å². The second-order valence-electron chi connectivity index (χ2n) is 6.91. The van der Waals surface area contributed by atoms with Gasteiger partial charge in [-0.2, -0.15) is 4.98 Å². The Bertz CT molecular complexity index is 995. The summed E-state index contributed by atoms with van der Waals surface area (Å²) in [6.45, 7) is -0.100. The van der Waals surface area contributed by atoms with Crippen molar-refractivity contribution in [3.8, 4) is 0 Å². The number of thioether (sulfide) groups is 1. The number of phosphoric acid groups is 1. The lowest BCUT2D eigenvalue weighted by molar-refractivity contribution is 0.0184. The van der Waals surface area contributed by atoms with Gasteiger partial charge in [0.2, 0.25) is 0 Å². The highest BCUT2D eigenvalue weighted by molar-refractivity contribution is 8.00. The van der Waals surface area contributed by atoms with Crippen molar-refractivity contribution >= 4 is 25.4 Å². The van der Waals surface area contributed by atoms with Crippen molar-refractivity contribution in [2.45, 2.75) is 35.4 Å². The molecule has 1 aromatic heterocycles. The summed E-state index contributed by atoms with van der Waals surface area (Å²) >= 11 is 0.984. The average Bonchev–Trinajstić information content (AvgIpc) is 3.01. The quantitative estimate of drug-likeness (QED) is 0.651. The highest BCUT2D eigenvalue weighted by Gasteiger charge is 2.47. The topological polar surface area (TPSA) is 126 Å². The van der Waals surface area contributed by atoms with Gasteiger partial charge in [-0.05, 0) is 11.6 Å². The van der Waals surface area contributed by atoms with Gasteiger partial charge < -0.3 is 10.8 Å². The average molecular weight is 457 g/mol. The number of nitrogens with two attached hydrogens (primary N) is 1. The van der Waals surface area contributed by atoms with E-state index in [1.807, 2.05) is 30.3 Å². The standard InChI is InChI=1S/C18H21FN3O6PS/c19-15-16(23)13(30-17(15)22-8-6-14(20)21-18(22)24)10-27-29(25)26-9-7-12(28-29)11-4-2-1-3-5-11/h1-6,8,12-13,15-17,23H,7,9-10H2,(H2,20,21,24)/t12-,13-,15+,16-,17-,29?/m1/s1. The van der Waals surface area contributed by atoms with Crippen LogP contribution in [0.4, 0.5) is 10.2 Å². The van der Waals surface area contributed by atoms with Crippen LogP contribution in [0.1, 0.15) is 23.5 Å². The summed E-state index contributed by atoms with van der Waals surface area (Å²) in [4.78, 5) is 15.6. The predicted octanol–water partition coefficient (Wildman–Crippen LogP) is 2.44. The number of hydrogen-bond acceptors (Lipinski definition) is 9. The molecule has 0 radical (unpaired) electrons. The largest absolute Gasteiger partial charge is 0.475 e. The third-order valence-corrected chi connectivity index (χ3v) is 7.88. The van der Waals surface area contributed by atoms with Crippen LogP contribution in [0.2, 0.25) is 0 Å². The number of alkyl halides is 1. The highest BCUT2D eigenvalue weighted by Crippen LogP contribution is 2.57. The second kappa shape index (κ2) is 8.78. The van der Waals surface area contributed by atoms with Gasteiger partial charge in [0, 0.05) is 12.6 Å². The number of aliphatic hydroxyl groups excluding tert-OH is 1. The molecule has 3 heterocycles. The number of nitrogens with zero attached hydrogens (tertiary/aromatic N) is 2. The summed E-state index contributed by atoms with van der Waals surface area (Å²) in [7, 11) is -3.89. The van der Waals surface area contributed by atoms with Gasteiger partial charge in [-0.25, -0.2) is 13.8 Å². The fourth-order valence-electron chi connectivity index (χ4n) is 3.32. The first kappa shape index (κ1) is 21.5. The Labute approximate surface area is 176 Å². The van der Waals surface area contributed by atoms with Crippen LogP contribution in [-0.4, -0.2) is 45.4 Å². The van der Waals surface area contributed by atoms with E-state index in [0.29, 0.717) is 6.42 Å². The number of hydrogen-bond donors (Lipinski definition) is 2. The summed E-state index contributed by atoms with van der Waals surface area (Å²) in [5, 5.41) is 8.47. The zero-order chi connectivity index (χ0) is 21.3. The third-order valence-electron chi connectivity index (χ3n) is 4.87. The van der Waals surface area contributed by atoms with E-state index in [0.717, 1.165) is 21.9 Å². The Morgan fingerprint density at radius 1 is 1.37 bits per heavy atom. The first-order chi connectivity index (χ1) is 14.4. The fourth-order valence-corrected chi connectivity index (χ4v) is 6.25. The van der Waals surface area contributed by atoms with E-state index in [1.54, 1.807) is 0 Å². The first-order valence-electron chi connectivity index (χ1n) is 9.31. The van der Waals surface area contributed by atoms with E-state index in [2.05, 4.69) is 4.98 Å². The van der Waals surface area contributed by atoms with E-state index in [1.165, 1.54) is 12.3 Å². The summed E-state index contributed by atoms with van der Waals surface area (Å²) in [5.74, 6) is 0.0211. The Morgan fingerprint density at radius 3 is 2.87 bits per heavy atom. The molecule has 0 bridgehead atoms. The molecular weight excluding hydrogens is 436 g/mol. The van der Waals surface area contributed by atoms with Crippen LogP contribution >= 0.6 is 19.6 Å². The number of aliphatic hydroxyl groups is 1. The maximum absolute atomic E-state index is 14.7.